The summed E-state index contributed by atoms with van der Waals surface area (Å²) in [5.41, 5.74) is 1.17. The molecule has 0 fully saturated rings. The van der Waals surface area contributed by atoms with E-state index in [1.165, 1.54) is 5.56 Å². The van der Waals surface area contributed by atoms with Crippen molar-refractivity contribution in [1.82, 2.24) is 5.32 Å². The van der Waals surface area contributed by atoms with Crippen LogP contribution >= 0.6 is 22.9 Å². The summed E-state index contributed by atoms with van der Waals surface area (Å²) in [6, 6.07) is 5.29. The van der Waals surface area contributed by atoms with Crippen LogP contribution in [0.5, 0.6) is 0 Å². The number of rotatable bonds is 4. The van der Waals surface area contributed by atoms with Gasteiger partial charge < -0.3 is 5.11 Å². The summed E-state index contributed by atoms with van der Waals surface area (Å²) in [7, 11) is 0. The van der Waals surface area contributed by atoms with E-state index in [2.05, 4.69) is 5.32 Å². The van der Waals surface area contributed by atoms with E-state index in [0.717, 1.165) is 20.0 Å². The molecule has 0 saturated carbocycles. The fourth-order valence-corrected chi connectivity index (χ4v) is 3.21. The number of aryl methyl sites for hydroxylation is 1. The van der Waals surface area contributed by atoms with Crippen molar-refractivity contribution < 1.29 is 9.90 Å². The van der Waals surface area contributed by atoms with Gasteiger partial charge in [0, 0.05) is 11.4 Å². The maximum atomic E-state index is 10.8. The lowest BCUT2D eigenvalue weighted by Crippen LogP contribution is -2.32. The first kappa shape index (κ1) is 13.3. The maximum absolute atomic E-state index is 10.8. The monoisotopic (exact) mass is 283 g/mol. The van der Waals surface area contributed by atoms with Crippen molar-refractivity contribution in [3.63, 3.8) is 0 Å². The van der Waals surface area contributed by atoms with Gasteiger partial charge in [0.1, 0.15) is 6.04 Å². The lowest BCUT2D eigenvalue weighted by Gasteiger charge is -2.08. The zero-order valence-electron chi connectivity index (χ0n) is 10.2. The predicted octanol–water partition coefficient (Wildman–Crippen LogP) is 3.43. The lowest BCUT2D eigenvalue weighted by atomic mass is 10.1. The van der Waals surface area contributed by atoms with Crippen molar-refractivity contribution in [2.75, 3.05) is 0 Å². The quantitative estimate of drug-likeness (QED) is 0.904. The van der Waals surface area contributed by atoms with Crippen LogP contribution in [-0.2, 0) is 11.3 Å². The summed E-state index contributed by atoms with van der Waals surface area (Å²) >= 11 is 7.77. The standard InChI is InChI=1S/C13H14ClNO2S/c1-7-9-4-3-5-10(14)12(9)18-11(7)6-15-8(2)13(16)17/h3-5,8,15H,6H2,1-2H3,(H,16,17). The van der Waals surface area contributed by atoms with Gasteiger partial charge in [-0.3, -0.25) is 10.1 Å². The average molecular weight is 284 g/mol. The molecule has 96 valence electrons. The minimum absolute atomic E-state index is 0.551. The largest absolute Gasteiger partial charge is 0.480 e. The van der Waals surface area contributed by atoms with Crippen molar-refractivity contribution in [3.05, 3.63) is 33.7 Å². The van der Waals surface area contributed by atoms with Crippen molar-refractivity contribution in [3.8, 4) is 0 Å². The van der Waals surface area contributed by atoms with E-state index >= 15 is 0 Å². The van der Waals surface area contributed by atoms with Crippen LogP contribution in [-0.4, -0.2) is 17.1 Å². The summed E-state index contributed by atoms with van der Waals surface area (Å²) in [4.78, 5) is 11.9. The molecule has 0 spiro atoms. The average Bonchev–Trinajstić information content (AvgIpc) is 2.65. The molecular weight excluding hydrogens is 270 g/mol. The molecule has 2 rings (SSSR count). The Morgan fingerprint density at radius 2 is 2.28 bits per heavy atom. The molecule has 0 bridgehead atoms. The highest BCUT2D eigenvalue weighted by Crippen LogP contribution is 2.35. The van der Waals surface area contributed by atoms with Crippen LogP contribution in [0.2, 0.25) is 5.02 Å². The number of fused-ring (bicyclic) bond motifs is 1. The zero-order chi connectivity index (χ0) is 13.3. The number of thiophene rings is 1. The van der Waals surface area contributed by atoms with Crippen molar-refractivity contribution in [2.45, 2.75) is 26.4 Å². The molecule has 3 nitrogen and oxygen atoms in total. The molecule has 1 heterocycles. The first-order valence-corrected chi connectivity index (χ1v) is 6.83. The van der Waals surface area contributed by atoms with Gasteiger partial charge in [-0.25, -0.2) is 0 Å². The Balaban J connectivity index is 2.27. The Kier molecular flexibility index (Phi) is 3.90. The number of hydrogen-bond acceptors (Lipinski definition) is 3. The number of benzene rings is 1. The first-order valence-electron chi connectivity index (χ1n) is 5.63. The van der Waals surface area contributed by atoms with E-state index < -0.39 is 12.0 Å². The second kappa shape index (κ2) is 5.26. The third-order valence-electron chi connectivity index (χ3n) is 2.95. The molecule has 2 aromatic rings. The number of carbonyl (C=O) groups is 1. The van der Waals surface area contributed by atoms with Crippen LogP contribution in [0, 0.1) is 6.92 Å². The summed E-state index contributed by atoms with van der Waals surface area (Å²) in [6.45, 7) is 4.23. The maximum Gasteiger partial charge on any atom is 0.320 e. The molecular formula is C13H14ClNO2S. The number of hydrogen-bond donors (Lipinski definition) is 2. The fourth-order valence-electron chi connectivity index (χ4n) is 1.76. The third kappa shape index (κ3) is 2.51. The van der Waals surface area contributed by atoms with Crippen molar-refractivity contribution in [2.24, 2.45) is 0 Å². The Morgan fingerprint density at radius 3 is 2.89 bits per heavy atom. The number of carboxylic acid groups (broad SMARTS) is 1. The molecule has 1 aromatic carbocycles. The van der Waals surface area contributed by atoms with Gasteiger partial charge >= 0.3 is 5.97 Å². The number of aliphatic carboxylic acids is 1. The van der Waals surface area contributed by atoms with Gasteiger partial charge in [-0.1, -0.05) is 23.7 Å². The number of carboxylic acids is 1. The summed E-state index contributed by atoms with van der Waals surface area (Å²) in [5.74, 6) is -0.841. The predicted molar refractivity (Wildman–Crippen MR) is 75.5 cm³/mol. The third-order valence-corrected chi connectivity index (χ3v) is 4.72. The van der Waals surface area contributed by atoms with Gasteiger partial charge in [-0.2, -0.15) is 0 Å². The molecule has 2 N–H and O–H groups in total. The molecule has 1 atom stereocenters. The van der Waals surface area contributed by atoms with E-state index in [4.69, 9.17) is 16.7 Å². The van der Waals surface area contributed by atoms with E-state index in [1.54, 1.807) is 18.3 Å². The topological polar surface area (TPSA) is 49.3 Å². The normalized spacial score (nSPS) is 12.8. The van der Waals surface area contributed by atoms with Crippen LogP contribution < -0.4 is 5.32 Å². The van der Waals surface area contributed by atoms with Crippen LogP contribution in [0.4, 0.5) is 0 Å². The first-order chi connectivity index (χ1) is 8.50. The number of nitrogens with one attached hydrogen (secondary N) is 1. The molecule has 0 amide bonds. The van der Waals surface area contributed by atoms with Gasteiger partial charge in [0.2, 0.25) is 0 Å². The Labute approximate surface area is 114 Å². The second-order valence-corrected chi connectivity index (χ2v) is 5.72. The SMILES string of the molecule is Cc1c(CNC(C)C(=O)O)sc2c(Cl)cccc12. The Hall–Kier alpha value is -1.10. The lowest BCUT2D eigenvalue weighted by molar-refractivity contribution is -0.139. The fraction of sp³-hybridized carbons (Fsp3) is 0.308. The highest BCUT2D eigenvalue weighted by Gasteiger charge is 2.13. The second-order valence-electron chi connectivity index (χ2n) is 4.21. The van der Waals surface area contributed by atoms with Crippen molar-refractivity contribution in [1.29, 1.82) is 0 Å². The van der Waals surface area contributed by atoms with Gasteiger partial charge in [0.05, 0.1) is 9.72 Å². The minimum atomic E-state index is -0.841. The molecule has 0 saturated heterocycles. The van der Waals surface area contributed by atoms with Crippen LogP contribution in [0.1, 0.15) is 17.4 Å². The molecule has 0 radical (unpaired) electrons. The van der Waals surface area contributed by atoms with Gasteiger partial charge in [-0.05, 0) is 30.9 Å². The molecule has 5 heteroatoms. The summed E-state index contributed by atoms with van der Waals surface area (Å²) in [6.07, 6.45) is 0. The van der Waals surface area contributed by atoms with E-state index in [9.17, 15) is 4.79 Å². The van der Waals surface area contributed by atoms with Crippen LogP contribution in [0.15, 0.2) is 18.2 Å². The smallest absolute Gasteiger partial charge is 0.320 e. The number of halogens is 1. The Bertz CT molecular complexity index is 594. The highest BCUT2D eigenvalue weighted by atomic mass is 35.5. The van der Waals surface area contributed by atoms with Crippen molar-refractivity contribution >= 4 is 39.0 Å². The molecule has 1 aromatic heterocycles. The van der Waals surface area contributed by atoms with Gasteiger partial charge in [-0.15, -0.1) is 11.3 Å². The zero-order valence-corrected chi connectivity index (χ0v) is 11.7. The van der Waals surface area contributed by atoms with Gasteiger partial charge in [0.15, 0.2) is 0 Å². The van der Waals surface area contributed by atoms with E-state index in [-0.39, 0.29) is 0 Å². The molecule has 0 aliphatic heterocycles. The van der Waals surface area contributed by atoms with E-state index in [0.29, 0.717) is 6.54 Å². The Morgan fingerprint density at radius 1 is 1.56 bits per heavy atom. The van der Waals surface area contributed by atoms with Gasteiger partial charge in [0.25, 0.3) is 0 Å². The molecule has 0 aliphatic rings. The molecule has 18 heavy (non-hydrogen) atoms. The highest BCUT2D eigenvalue weighted by molar-refractivity contribution is 7.20. The van der Waals surface area contributed by atoms with E-state index in [1.807, 2.05) is 25.1 Å². The summed E-state index contributed by atoms with van der Waals surface area (Å²) in [5, 5.41) is 13.7. The molecule has 0 aliphatic carbocycles. The minimum Gasteiger partial charge on any atom is -0.480 e. The summed E-state index contributed by atoms with van der Waals surface area (Å²) < 4.78 is 1.07. The van der Waals surface area contributed by atoms with Crippen LogP contribution in [0.3, 0.4) is 0 Å². The van der Waals surface area contributed by atoms with Crippen LogP contribution in [0.25, 0.3) is 10.1 Å². The molecule has 1 unspecified atom stereocenters.